The topological polar surface area (TPSA) is 88.0 Å². The second-order valence-corrected chi connectivity index (χ2v) is 11.6. The van der Waals surface area contributed by atoms with Gasteiger partial charge in [0.2, 0.25) is 5.91 Å². The average molecular weight is 305 g/mol. The largest absolute Gasteiger partial charge is 0.409 e. The van der Waals surface area contributed by atoms with Crippen molar-refractivity contribution in [1.29, 1.82) is 0 Å². The molecule has 7 heteroatoms. The molecule has 1 rings (SSSR count). The van der Waals surface area contributed by atoms with Gasteiger partial charge in [-0.3, -0.25) is 4.79 Å². The number of rotatable bonds is 4. The van der Waals surface area contributed by atoms with Crippen molar-refractivity contribution >= 4 is 14.2 Å². The zero-order valence-corrected chi connectivity index (χ0v) is 14.1. The van der Waals surface area contributed by atoms with E-state index < -0.39 is 32.9 Å². The van der Waals surface area contributed by atoms with E-state index in [0.717, 1.165) is 0 Å². The summed E-state index contributed by atoms with van der Waals surface area (Å²) in [5.74, 6) is -0.264. The van der Waals surface area contributed by atoms with Crippen LogP contribution in [0.2, 0.25) is 18.1 Å². The lowest BCUT2D eigenvalue weighted by Crippen LogP contribution is -2.54. The van der Waals surface area contributed by atoms with E-state index in [9.17, 15) is 15.0 Å². The summed E-state index contributed by atoms with van der Waals surface area (Å²) in [6.07, 6.45) is -2.33. The van der Waals surface area contributed by atoms with Gasteiger partial charge in [-0.05, 0) is 18.1 Å². The van der Waals surface area contributed by atoms with E-state index in [0.29, 0.717) is 0 Å². The molecule has 0 aliphatic carbocycles. The van der Waals surface area contributed by atoms with Crippen molar-refractivity contribution in [3.63, 3.8) is 0 Å². The van der Waals surface area contributed by atoms with Crippen LogP contribution in [0.3, 0.4) is 0 Å². The van der Waals surface area contributed by atoms with Crippen molar-refractivity contribution in [2.24, 2.45) is 0 Å². The minimum absolute atomic E-state index is 0.0126. The summed E-state index contributed by atoms with van der Waals surface area (Å²) in [5.41, 5.74) is 0. The zero-order valence-electron chi connectivity index (χ0n) is 13.1. The Kier molecular flexibility index (Phi) is 5.37. The fourth-order valence-corrected chi connectivity index (χ4v) is 3.27. The molecule has 1 aliphatic rings. The van der Waals surface area contributed by atoms with E-state index in [1.165, 1.54) is 6.92 Å². The minimum atomic E-state index is -2.10. The van der Waals surface area contributed by atoms with E-state index in [4.69, 9.17) is 9.16 Å². The molecule has 1 heterocycles. The van der Waals surface area contributed by atoms with Crippen LogP contribution in [0.4, 0.5) is 0 Å². The monoisotopic (exact) mass is 305 g/mol. The standard InChI is InChI=1S/C13H27NO5Si/c1-8(16)14-10-11(9(7-15)18-12(10)17)19-20(5,6)13(2,3)4/h9-12,15,17H,7H2,1-6H3,(H,14,16)/t9-,10?,11+,12?/m1/s1. The third-order valence-electron chi connectivity index (χ3n) is 4.13. The summed E-state index contributed by atoms with van der Waals surface area (Å²) in [5, 5.41) is 21.9. The van der Waals surface area contributed by atoms with Gasteiger partial charge in [0, 0.05) is 6.92 Å². The molecule has 0 spiro atoms. The highest BCUT2D eigenvalue weighted by Gasteiger charge is 2.49. The number of carbonyl (C=O) groups excluding carboxylic acids is 1. The molecule has 0 bridgehead atoms. The number of carbonyl (C=O) groups is 1. The molecule has 20 heavy (non-hydrogen) atoms. The van der Waals surface area contributed by atoms with E-state index in [1.54, 1.807) is 0 Å². The lowest BCUT2D eigenvalue weighted by molar-refractivity contribution is -0.127. The number of amides is 1. The summed E-state index contributed by atoms with van der Waals surface area (Å²) in [6.45, 7) is 11.6. The lowest BCUT2D eigenvalue weighted by Gasteiger charge is -2.40. The normalized spacial score (nSPS) is 31.4. The molecule has 0 radical (unpaired) electrons. The summed E-state index contributed by atoms with van der Waals surface area (Å²) in [7, 11) is -2.10. The Bertz CT molecular complexity index is 355. The first kappa shape index (κ1) is 17.6. The number of nitrogens with one attached hydrogen (secondary N) is 1. The SMILES string of the molecule is CC(=O)NC1C(O)O[C@H](CO)[C@@H]1O[Si](C)(C)C(C)(C)C. The fraction of sp³-hybridized carbons (Fsp3) is 0.923. The van der Waals surface area contributed by atoms with Crippen molar-refractivity contribution in [1.82, 2.24) is 5.32 Å². The number of ether oxygens (including phenoxy) is 1. The van der Waals surface area contributed by atoms with Crippen LogP contribution in [0, 0.1) is 0 Å². The van der Waals surface area contributed by atoms with E-state index in [2.05, 4.69) is 39.2 Å². The van der Waals surface area contributed by atoms with Crippen molar-refractivity contribution < 1.29 is 24.2 Å². The van der Waals surface area contributed by atoms with Crippen LogP contribution >= 0.6 is 0 Å². The van der Waals surface area contributed by atoms with Crippen LogP contribution in [-0.2, 0) is 14.0 Å². The van der Waals surface area contributed by atoms with Crippen LogP contribution in [0.1, 0.15) is 27.7 Å². The van der Waals surface area contributed by atoms with Gasteiger partial charge >= 0.3 is 0 Å². The number of aliphatic hydroxyl groups excluding tert-OH is 2. The van der Waals surface area contributed by atoms with E-state index >= 15 is 0 Å². The predicted molar refractivity (Wildman–Crippen MR) is 77.6 cm³/mol. The molecule has 1 aliphatic heterocycles. The first-order chi connectivity index (χ1) is 8.99. The van der Waals surface area contributed by atoms with E-state index in [-0.39, 0.29) is 17.6 Å². The third-order valence-corrected chi connectivity index (χ3v) is 8.60. The van der Waals surface area contributed by atoms with Gasteiger partial charge in [0.25, 0.3) is 0 Å². The first-order valence-corrected chi connectivity index (χ1v) is 9.79. The zero-order chi connectivity index (χ0) is 15.7. The van der Waals surface area contributed by atoms with Crippen LogP contribution in [0.25, 0.3) is 0 Å². The molecule has 0 saturated carbocycles. The molecule has 2 unspecified atom stereocenters. The summed E-state index contributed by atoms with van der Waals surface area (Å²) in [6, 6.07) is -0.654. The number of hydrogen-bond acceptors (Lipinski definition) is 5. The van der Waals surface area contributed by atoms with Gasteiger partial charge in [-0.2, -0.15) is 0 Å². The Labute approximate surface area is 121 Å². The highest BCUT2D eigenvalue weighted by molar-refractivity contribution is 6.74. The summed E-state index contributed by atoms with van der Waals surface area (Å²) >= 11 is 0. The third kappa shape index (κ3) is 3.79. The van der Waals surface area contributed by atoms with E-state index in [1.807, 2.05) is 0 Å². The van der Waals surface area contributed by atoms with Crippen LogP contribution in [0.15, 0.2) is 0 Å². The van der Waals surface area contributed by atoms with Gasteiger partial charge in [0.05, 0.1) is 12.7 Å². The minimum Gasteiger partial charge on any atom is -0.409 e. The van der Waals surface area contributed by atoms with Gasteiger partial charge in [0.15, 0.2) is 14.6 Å². The van der Waals surface area contributed by atoms with Crippen molar-refractivity contribution in [3.8, 4) is 0 Å². The summed E-state index contributed by atoms with van der Waals surface area (Å²) < 4.78 is 11.5. The first-order valence-electron chi connectivity index (χ1n) is 6.89. The van der Waals surface area contributed by atoms with Gasteiger partial charge in [-0.25, -0.2) is 0 Å². The fourth-order valence-electron chi connectivity index (χ4n) is 1.94. The van der Waals surface area contributed by atoms with Crippen LogP contribution in [-0.4, -0.2) is 55.6 Å². The number of aliphatic hydroxyl groups is 2. The molecule has 3 N–H and O–H groups in total. The van der Waals surface area contributed by atoms with Crippen molar-refractivity contribution in [3.05, 3.63) is 0 Å². The maximum Gasteiger partial charge on any atom is 0.217 e. The Morgan fingerprint density at radius 1 is 1.40 bits per heavy atom. The molecule has 0 aromatic rings. The highest BCUT2D eigenvalue weighted by atomic mass is 28.4. The average Bonchev–Trinajstić information content (AvgIpc) is 2.54. The van der Waals surface area contributed by atoms with Crippen molar-refractivity contribution in [2.75, 3.05) is 6.61 Å². The predicted octanol–water partition coefficient (Wildman–Crippen LogP) is 0.591. The summed E-state index contributed by atoms with van der Waals surface area (Å²) in [4.78, 5) is 11.3. The van der Waals surface area contributed by atoms with Crippen LogP contribution in [0.5, 0.6) is 0 Å². The molecule has 1 saturated heterocycles. The second kappa shape index (κ2) is 6.11. The molecule has 1 fully saturated rings. The van der Waals surface area contributed by atoms with Gasteiger partial charge in [-0.1, -0.05) is 20.8 Å². The highest BCUT2D eigenvalue weighted by Crippen LogP contribution is 2.39. The smallest absolute Gasteiger partial charge is 0.217 e. The molecule has 0 aromatic heterocycles. The Balaban J connectivity index is 2.94. The quantitative estimate of drug-likeness (QED) is 0.662. The maximum absolute atomic E-state index is 11.3. The molecule has 1 amide bonds. The van der Waals surface area contributed by atoms with Crippen LogP contribution < -0.4 is 5.32 Å². The van der Waals surface area contributed by atoms with Gasteiger partial charge in [0.1, 0.15) is 12.1 Å². The molecule has 4 atom stereocenters. The van der Waals surface area contributed by atoms with Crippen molar-refractivity contribution in [2.45, 2.75) is 70.4 Å². The molecular formula is C13H27NO5Si. The number of hydrogen-bond donors (Lipinski definition) is 3. The molecule has 6 nitrogen and oxygen atoms in total. The van der Waals surface area contributed by atoms with Gasteiger partial charge in [-0.15, -0.1) is 0 Å². The molecule has 118 valence electrons. The molecule has 0 aromatic carbocycles. The lowest BCUT2D eigenvalue weighted by atomic mass is 10.1. The van der Waals surface area contributed by atoms with Gasteiger partial charge < -0.3 is 24.7 Å². The Morgan fingerprint density at radius 3 is 2.35 bits per heavy atom. The Hall–Kier alpha value is -0.473. The second-order valence-electron chi connectivity index (χ2n) is 6.82. The maximum atomic E-state index is 11.3. The Morgan fingerprint density at radius 2 is 1.95 bits per heavy atom. The molecular weight excluding hydrogens is 278 g/mol.